The van der Waals surface area contributed by atoms with E-state index in [1.807, 2.05) is 49.4 Å². The van der Waals surface area contributed by atoms with Crippen LogP contribution in [0.2, 0.25) is 10.0 Å². The first-order chi connectivity index (χ1) is 16.4. The number of carbonyl (C=O) groups is 2. The van der Waals surface area contributed by atoms with Crippen LogP contribution in [0, 0.1) is 0 Å². The second kappa shape index (κ2) is 12.8. The van der Waals surface area contributed by atoms with Crippen molar-refractivity contribution < 1.29 is 14.3 Å². The van der Waals surface area contributed by atoms with E-state index in [-0.39, 0.29) is 25.0 Å². The van der Waals surface area contributed by atoms with Crippen LogP contribution in [0.15, 0.2) is 77.3 Å². The standard InChI is InChI=1S/C26H25BrCl2N2O3/c1-2-30-26(33)23(14-18-6-4-3-5-7-18)31(16-19-8-10-20(28)11-9-19)25(32)17-34-24-13-12-21(29)15-22(24)27/h3-13,15,23H,2,14,16-17H2,1H3,(H,30,33)/t23-/m1/s1. The van der Waals surface area contributed by atoms with E-state index in [0.29, 0.717) is 33.2 Å². The van der Waals surface area contributed by atoms with Crippen LogP contribution in [0.1, 0.15) is 18.1 Å². The van der Waals surface area contributed by atoms with Crippen molar-refractivity contribution in [2.75, 3.05) is 13.2 Å². The van der Waals surface area contributed by atoms with Gasteiger partial charge in [-0.2, -0.15) is 0 Å². The first kappa shape index (κ1) is 26.1. The van der Waals surface area contributed by atoms with Gasteiger partial charge < -0.3 is 15.0 Å². The normalized spacial score (nSPS) is 11.5. The highest BCUT2D eigenvalue weighted by Crippen LogP contribution is 2.28. The summed E-state index contributed by atoms with van der Waals surface area (Å²) in [5.74, 6) is -0.0489. The number of nitrogens with zero attached hydrogens (tertiary/aromatic N) is 1. The molecular weight excluding hydrogens is 539 g/mol. The Bertz CT molecular complexity index is 1110. The van der Waals surface area contributed by atoms with E-state index in [0.717, 1.165) is 11.1 Å². The number of likely N-dealkylation sites (N-methyl/N-ethyl adjacent to an activating group) is 1. The lowest BCUT2D eigenvalue weighted by atomic mass is 10.0. The third-order valence-corrected chi connectivity index (χ3v) is 6.24. The molecule has 0 radical (unpaired) electrons. The fourth-order valence-electron chi connectivity index (χ4n) is 3.45. The molecule has 0 saturated heterocycles. The van der Waals surface area contributed by atoms with Crippen LogP contribution in [0.5, 0.6) is 5.75 Å². The lowest BCUT2D eigenvalue weighted by molar-refractivity contribution is -0.142. The molecular formula is C26H25BrCl2N2O3. The van der Waals surface area contributed by atoms with Gasteiger partial charge in [-0.25, -0.2) is 0 Å². The molecule has 8 heteroatoms. The average molecular weight is 564 g/mol. The maximum absolute atomic E-state index is 13.5. The topological polar surface area (TPSA) is 58.6 Å². The SMILES string of the molecule is CCNC(=O)[C@@H](Cc1ccccc1)N(Cc1ccc(Cl)cc1)C(=O)COc1ccc(Cl)cc1Br. The number of halogens is 3. The van der Waals surface area contributed by atoms with Crippen LogP contribution in [-0.2, 0) is 22.6 Å². The minimum atomic E-state index is -0.720. The molecule has 3 aromatic carbocycles. The van der Waals surface area contributed by atoms with Crippen molar-refractivity contribution in [3.63, 3.8) is 0 Å². The number of hydrogen-bond acceptors (Lipinski definition) is 3. The first-order valence-electron chi connectivity index (χ1n) is 10.8. The minimum Gasteiger partial charge on any atom is -0.483 e. The molecule has 0 aliphatic heterocycles. The summed E-state index contributed by atoms with van der Waals surface area (Å²) in [5, 5.41) is 4.02. The lowest BCUT2D eigenvalue weighted by Crippen LogP contribution is -2.51. The molecule has 0 fully saturated rings. The van der Waals surface area contributed by atoms with E-state index in [9.17, 15) is 9.59 Å². The van der Waals surface area contributed by atoms with Gasteiger partial charge >= 0.3 is 0 Å². The van der Waals surface area contributed by atoms with Gasteiger partial charge in [-0.15, -0.1) is 0 Å². The molecule has 1 atom stereocenters. The molecule has 0 aliphatic rings. The Kier molecular flexibility index (Phi) is 9.81. The largest absolute Gasteiger partial charge is 0.483 e. The maximum atomic E-state index is 13.5. The molecule has 5 nitrogen and oxygen atoms in total. The Morgan fingerprint density at radius 3 is 2.29 bits per heavy atom. The maximum Gasteiger partial charge on any atom is 0.261 e. The Labute approximate surface area is 218 Å². The summed E-state index contributed by atoms with van der Waals surface area (Å²) in [5.41, 5.74) is 1.81. The molecule has 1 N–H and O–H groups in total. The molecule has 0 aliphatic carbocycles. The fraction of sp³-hybridized carbons (Fsp3) is 0.231. The van der Waals surface area contributed by atoms with Crippen LogP contribution >= 0.6 is 39.1 Å². The zero-order valence-electron chi connectivity index (χ0n) is 18.6. The summed E-state index contributed by atoms with van der Waals surface area (Å²) in [4.78, 5) is 28.1. The average Bonchev–Trinajstić information content (AvgIpc) is 2.82. The summed E-state index contributed by atoms with van der Waals surface area (Å²) >= 11 is 15.4. The summed E-state index contributed by atoms with van der Waals surface area (Å²) in [6.07, 6.45) is 0.372. The van der Waals surface area contributed by atoms with Crippen LogP contribution in [0.25, 0.3) is 0 Å². The summed E-state index contributed by atoms with van der Waals surface area (Å²) in [6.45, 7) is 2.31. The summed E-state index contributed by atoms with van der Waals surface area (Å²) in [6, 6.07) is 21.2. The van der Waals surface area contributed by atoms with Gasteiger partial charge in [0.05, 0.1) is 4.47 Å². The monoisotopic (exact) mass is 562 g/mol. The quantitative estimate of drug-likeness (QED) is 0.333. The number of hydrogen-bond donors (Lipinski definition) is 1. The molecule has 178 valence electrons. The van der Waals surface area contributed by atoms with E-state index in [1.165, 1.54) is 0 Å². The Balaban J connectivity index is 1.89. The molecule has 0 aromatic heterocycles. The van der Waals surface area contributed by atoms with Crippen molar-refractivity contribution in [1.29, 1.82) is 0 Å². The highest BCUT2D eigenvalue weighted by Gasteiger charge is 2.30. The van der Waals surface area contributed by atoms with Gasteiger partial charge in [0.1, 0.15) is 11.8 Å². The predicted octanol–water partition coefficient (Wildman–Crippen LogP) is 5.91. The van der Waals surface area contributed by atoms with Gasteiger partial charge in [0, 0.05) is 29.6 Å². The molecule has 0 unspecified atom stereocenters. The van der Waals surface area contributed by atoms with Crippen molar-refractivity contribution >= 4 is 50.9 Å². The number of ether oxygens (including phenoxy) is 1. The molecule has 0 bridgehead atoms. The molecule has 2 amide bonds. The highest BCUT2D eigenvalue weighted by molar-refractivity contribution is 9.10. The van der Waals surface area contributed by atoms with Gasteiger partial charge in [0.2, 0.25) is 5.91 Å². The summed E-state index contributed by atoms with van der Waals surface area (Å²) < 4.78 is 6.42. The van der Waals surface area contributed by atoms with Crippen LogP contribution in [0.4, 0.5) is 0 Å². The molecule has 3 rings (SSSR count). The summed E-state index contributed by atoms with van der Waals surface area (Å²) in [7, 11) is 0. The number of benzene rings is 3. The van der Waals surface area contributed by atoms with Gasteiger partial charge in [-0.05, 0) is 64.3 Å². The van der Waals surface area contributed by atoms with Crippen LogP contribution in [-0.4, -0.2) is 35.9 Å². The fourth-order valence-corrected chi connectivity index (χ4v) is 4.37. The Morgan fingerprint density at radius 2 is 1.65 bits per heavy atom. The van der Waals surface area contributed by atoms with Crippen molar-refractivity contribution in [3.05, 3.63) is 98.4 Å². The third-order valence-electron chi connectivity index (χ3n) is 5.13. The number of carbonyl (C=O) groups excluding carboxylic acids is 2. The van der Waals surface area contributed by atoms with Crippen molar-refractivity contribution in [2.24, 2.45) is 0 Å². The smallest absolute Gasteiger partial charge is 0.261 e. The first-order valence-corrected chi connectivity index (χ1v) is 12.4. The Hall–Kier alpha value is -2.54. The van der Waals surface area contributed by atoms with Crippen LogP contribution < -0.4 is 10.1 Å². The number of nitrogens with one attached hydrogen (secondary N) is 1. The van der Waals surface area contributed by atoms with Crippen molar-refractivity contribution in [3.8, 4) is 5.75 Å². The van der Waals surface area contributed by atoms with Gasteiger partial charge in [0.15, 0.2) is 6.61 Å². The zero-order valence-corrected chi connectivity index (χ0v) is 21.7. The zero-order chi connectivity index (χ0) is 24.5. The molecule has 3 aromatic rings. The molecule has 0 saturated carbocycles. The minimum absolute atomic E-state index is 0.221. The van der Waals surface area contributed by atoms with E-state index in [4.69, 9.17) is 27.9 Å². The van der Waals surface area contributed by atoms with Gasteiger partial charge in [-0.1, -0.05) is 65.7 Å². The molecule has 34 heavy (non-hydrogen) atoms. The highest BCUT2D eigenvalue weighted by atomic mass is 79.9. The molecule has 0 spiro atoms. The Morgan fingerprint density at radius 1 is 0.971 bits per heavy atom. The van der Waals surface area contributed by atoms with Crippen molar-refractivity contribution in [2.45, 2.75) is 25.9 Å². The van der Waals surface area contributed by atoms with Gasteiger partial charge in [0.25, 0.3) is 5.91 Å². The van der Waals surface area contributed by atoms with Crippen LogP contribution in [0.3, 0.4) is 0 Å². The van der Waals surface area contributed by atoms with E-state index in [2.05, 4.69) is 21.2 Å². The predicted molar refractivity (Wildman–Crippen MR) is 139 cm³/mol. The van der Waals surface area contributed by atoms with Crippen molar-refractivity contribution in [1.82, 2.24) is 10.2 Å². The van der Waals surface area contributed by atoms with E-state index in [1.54, 1.807) is 35.2 Å². The van der Waals surface area contributed by atoms with E-state index >= 15 is 0 Å². The molecule has 0 heterocycles. The van der Waals surface area contributed by atoms with E-state index < -0.39 is 6.04 Å². The number of rotatable bonds is 10. The number of amides is 2. The second-order valence-corrected chi connectivity index (χ2v) is 9.34. The second-order valence-electron chi connectivity index (χ2n) is 7.61. The lowest BCUT2D eigenvalue weighted by Gasteiger charge is -2.31. The third kappa shape index (κ3) is 7.49. The van der Waals surface area contributed by atoms with Gasteiger partial charge in [-0.3, -0.25) is 9.59 Å².